The maximum Gasteiger partial charge on any atom is 0.251 e. The lowest BCUT2D eigenvalue weighted by Gasteiger charge is -2.30. The first-order valence-corrected chi connectivity index (χ1v) is 9.96. The first kappa shape index (κ1) is 20.4. The Morgan fingerprint density at radius 1 is 1.07 bits per heavy atom. The highest BCUT2D eigenvalue weighted by Gasteiger charge is 2.38. The predicted octanol–water partition coefficient (Wildman–Crippen LogP) is 4.51. The van der Waals surface area contributed by atoms with E-state index in [1.165, 1.54) is 16.7 Å². The minimum absolute atomic E-state index is 0.0440. The Balaban J connectivity index is 1.83. The molecule has 3 rings (SSSR count). The average Bonchev–Trinajstić information content (AvgIpc) is 2.62. The summed E-state index contributed by atoms with van der Waals surface area (Å²) in [7, 11) is 0. The van der Waals surface area contributed by atoms with Crippen LogP contribution in [0.1, 0.15) is 26.3 Å². The second-order valence-corrected chi connectivity index (χ2v) is 8.80. The van der Waals surface area contributed by atoms with Crippen LogP contribution in [-0.2, 0) is 15.0 Å². The van der Waals surface area contributed by atoms with E-state index in [0.717, 1.165) is 4.47 Å². The summed E-state index contributed by atoms with van der Waals surface area (Å²) in [6.45, 7) is 6.40. The SMILES string of the molecule is CC(C)(C)c1ccc(N=C[C@@H]2C(=O)NC(=S)N(c3ccc(Br)cc3)C2=O)cc1. The fourth-order valence-electron chi connectivity index (χ4n) is 2.76. The number of benzene rings is 2. The molecular weight excluding hydrogens is 438 g/mol. The van der Waals surface area contributed by atoms with Gasteiger partial charge < -0.3 is 5.32 Å². The summed E-state index contributed by atoms with van der Waals surface area (Å²) < 4.78 is 0.882. The lowest BCUT2D eigenvalue weighted by Crippen LogP contribution is -2.58. The minimum atomic E-state index is -1.04. The summed E-state index contributed by atoms with van der Waals surface area (Å²) in [5.74, 6) is -1.94. The van der Waals surface area contributed by atoms with Crippen LogP contribution in [0.3, 0.4) is 0 Å². The van der Waals surface area contributed by atoms with Gasteiger partial charge >= 0.3 is 0 Å². The molecular formula is C21H20BrN3O2S. The number of aliphatic imine (C=N–C) groups is 1. The second kappa shape index (κ2) is 7.93. The molecule has 1 saturated heterocycles. The highest BCUT2D eigenvalue weighted by molar-refractivity contribution is 9.10. The zero-order valence-electron chi connectivity index (χ0n) is 15.8. The number of thiocarbonyl (C=S) groups is 1. The molecule has 28 heavy (non-hydrogen) atoms. The van der Waals surface area contributed by atoms with Crippen LogP contribution in [0, 0.1) is 5.92 Å². The van der Waals surface area contributed by atoms with E-state index in [4.69, 9.17) is 12.2 Å². The Bertz CT molecular complexity index is 947. The van der Waals surface area contributed by atoms with E-state index in [1.54, 1.807) is 12.1 Å². The van der Waals surface area contributed by atoms with Crippen molar-refractivity contribution in [2.24, 2.45) is 10.9 Å². The Hall–Kier alpha value is -2.38. The number of anilines is 1. The van der Waals surface area contributed by atoms with Crippen LogP contribution in [-0.4, -0.2) is 23.1 Å². The van der Waals surface area contributed by atoms with Crippen molar-refractivity contribution in [1.29, 1.82) is 0 Å². The molecule has 0 spiro atoms. The van der Waals surface area contributed by atoms with E-state index < -0.39 is 17.7 Å². The van der Waals surface area contributed by atoms with Gasteiger partial charge in [-0.25, -0.2) is 0 Å². The number of halogens is 1. The van der Waals surface area contributed by atoms with Crippen molar-refractivity contribution >= 4 is 62.7 Å². The van der Waals surface area contributed by atoms with E-state index in [9.17, 15) is 9.59 Å². The molecule has 1 N–H and O–H groups in total. The van der Waals surface area contributed by atoms with Crippen LogP contribution in [0.2, 0.25) is 0 Å². The molecule has 2 amide bonds. The Morgan fingerprint density at radius 2 is 1.68 bits per heavy atom. The summed E-state index contributed by atoms with van der Waals surface area (Å²) in [4.78, 5) is 30.9. The third kappa shape index (κ3) is 4.36. The maximum atomic E-state index is 12.9. The highest BCUT2D eigenvalue weighted by atomic mass is 79.9. The fourth-order valence-corrected chi connectivity index (χ4v) is 3.32. The van der Waals surface area contributed by atoms with Gasteiger partial charge in [-0.2, -0.15) is 0 Å². The molecule has 1 aliphatic heterocycles. The summed E-state index contributed by atoms with van der Waals surface area (Å²) in [5, 5.41) is 2.65. The van der Waals surface area contributed by atoms with E-state index in [1.807, 2.05) is 36.4 Å². The van der Waals surface area contributed by atoms with Gasteiger partial charge in [0.1, 0.15) is 0 Å². The normalized spacial score (nSPS) is 17.9. The summed E-state index contributed by atoms with van der Waals surface area (Å²) >= 11 is 8.55. The van der Waals surface area contributed by atoms with Crippen molar-refractivity contribution in [3.05, 3.63) is 58.6 Å². The number of nitrogens with one attached hydrogen (secondary N) is 1. The van der Waals surface area contributed by atoms with Crippen LogP contribution >= 0.6 is 28.1 Å². The van der Waals surface area contributed by atoms with Crippen LogP contribution in [0.5, 0.6) is 0 Å². The standard InChI is InChI=1S/C21H20BrN3O2S/c1-21(2,3)13-4-8-15(9-5-13)23-12-17-18(26)24-20(28)25(19(17)27)16-10-6-14(22)7-11-16/h4-12,17H,1-3H3,(H,24,26,28)/t17-/m1/s1. The number of carbonyl (C=O) groups is 2. The van der Waals surface area contributed by atoms with Crippen molar-refractivity contribution in [2.45, 2.75) is 26.2 Å². The number of hydrogen-bond acceptors (Lipinski definition) is 4. The van der Waals surface area contributed by atoms with Crippen molar-refractivity contribution in [1.82, 2.24) is 5.32 Å². The number of hydrogen-bond donors (Lipinski definition) is 1. The molecule has 1 fully saturated rings. The average molecular weight is 458 g/mol. The number of nitrogens with zero attached hydrogens (tertiary/aromatic N) is 2. The van der Waals surface area contributed by atoms with E-state index in [0.29, 0.717) is 11.4 Å². The molecule has 7 heteroatoms. The quantitative estimate of drug-likeness (QED) is 0.418. The molecule has 0 bridgehead atoms. The molecule has 1 aliphatic rings. The Labute approximate surface area is 178 Å². The van der Waals surface area contributed by atoms with E-state index >= 15 is 0 Å². The number of rotatable bonds is 3. The topological polar surface area (TPSA) is 61.8 Å². The fraction of sp³-hybridized carbons (Fsp3) is 0.238. The van der Waals surface area contributed by atoms with Crippen molar-refractivity contribution < 1.29 is 9.59 Å². The molecule has 1 atom stereocenters. The zero-order chi connectivity index (χ0) is 20.5. The molecule has 1 heterocycles. The van der Waals surface area contributed by atoms with Gasteiger partial charge in [-0.05, 0) is 59.6 Å². The Kier molecular flexibility index (Phi) is 5.76. The molecule has 2 aromatic rings. The lowest BCUT2D eigenvalue weighted by atomic mass is 9.87. The zero-order valence-corrected chi connectivity index (χ0v) is 18.2. The van der Waals surface area contributed by atoms with Gasteiger partial charge in [-0.3, -0.25) is 19.5 Å². The largest absolute Gasteiger partial charge is 0.301 e. The molecule has 5 nitrogen and oxygen atoms in total. The van der Waals surface area contributed by atoms with Gasteiger partial charge in [0.2, 0.25) is 5.91 Å². The van der Waals surface area contributed by atoms with Crippen molar-refractivity contribution in [3.8, 4) is 0 Å². The lowest BCUT2D eigenvalue weighted by molar-refractivity contribution is -0.130. The third-order valence-electron chi connectivity index (χ3n) is 4.39. The first-order valence-electron chi connectivity index (χ1n) is 8.76. The molecule has 144 valence electrons. The van der Waals surface area contributed by atoms with Gasteiger partial charge in [-0.15, -0.1) is 0 Å². The summed E-state index contributed by atoms with van der Waals surface area (Å²) in [5.41, 5.74) is 2.50. The van der Waals surface area contributed by atoms with Crippen LogP contribution in [0.4, 0.5) is 11.4 Å². The van der Waals surface area contributed by atoms with Gasteiger partial charge in [0.15, 0.2) is 11.0 Å². The van der Waals surface area contributed by atoms with Gasteiger partial charge in [0.05, 0.1) is 11.4 Å². The maximum absolute atomic E-state index is 12.9. The predicted molar refractivity (Wildman–Crippen MR) is 119 cm³/mol. The van der Waals surface area contributed by atoms with E-state index in [2.05, 4.69) is 47.0 Å². The summed E-state index contributed by atoms with van der Waals surface area (Å²) in [6, 6.07) is 14.9. The molecule has 0 radical (unpaired) electrons. The monoisotopic (exact) mass is 457 g/mol. The smallest absolute Gasteiger partial charge is 0.251 e. The molecule has 2 aromatic carbocycles. The van der Waals surface area contributed by atoms with Gasteiger partial charge in [0.25, 0.3) is 5.91 Å². The van der Waals surface area contributed by atoms with E-state index in [-0.39, 0.29) is 10.5 Å². The molecule has 0 aromatic heterocycles. The third-order valence-corrected chi connectivity index (χ3v) is 5.21. The second-order valence-electron chi connectivity index (χ2n) is 7.50. The van der Waals surface area contributed by atoms with Gasteiger partial charge in [0, 0.05) is 10.7 Å². The van der Waals surface area contributed by atoms with Crippen LogP contribution in [0.25, 0.3) is 0 Å². The molecule has 0 saturated carbocycles. The van der Waals surface area contributed by atoms with Crippen molar-refractivity contribution in [3.63, 3.8) is 0 Å². The van der Waals surface area contributed by atoms with Crippen LogP contribution < -0.4 is 10.2 Å². The van der Waals surface area contributed by atoms with Gasteiger partial charge in [-0.1, -0.05) is 48.8 Å². The molecule has 0 aliphatic carbocycles. The Morgan fingerprint density at radius 3 is 2.25 bits per heavy atom. The van der Waals surface area contributed by atoms with Crippen molar-refractivity contribution in [2.75, 3.05) is 4.90 Å². The minimum Gasteiger partial charge on any atom is -0.301 e. The van der Waals surface area contributed by atoms with Crippen LogP contribution in [0.15, 0.2) is 58.0 Å². The molecule has 0 unspecified atom stereocenters. The summed E-state index contributed by atoms with van der Waals surface area (Å²) in [6.07, 6.45) is 1.37. The number of carbonyl (C=O) groups excluding carboxylic acids is 2. The number of amides is 2. The highest BCUT2D eigenvalue weighted by Crippen LogP contribution is 2.25. The first-order chi connectivity index (χ1) is 13.2.